The summed E-state index contributed by atoms with van der Waals surface area (Å²) in [7, 11) is 1.82. The minimum Gasteiger partial charge on any atom is -0.492 e. The SMILES string of the molecule is CN/C=C(\C=N)c1ccc(CNc2cc(-c3cnc4cc(OCCN/C=C\C=N)ccn34)ncn2)cc1. The highest BCUT2D eigenvalue weighted by Gasteiger charge is 2.10. The van der Waals surface area contributed by atoms with Crippen molar-refractivity contribution >= 4 is 29.5 Å². The van der Waals surface area contributed by atoms with E-state index in [9.17, 15) is 0 Å². The quantitative estimate of drug-likeness (QED) is 0.141. The Bertz CT molecular complexity index is 1410. The number of allylic oxidation sites excluding steroid dienone is 2. The fraction of sp³-hybridized carbons (Fsp3) is 0.148. The third-order valence-electron chi connectivity index (χ3n) is 5.46. The summed E-state index contributed by atoms with van der Waals surface area (Å²) in [5, 5.41) is 23.9. The van der Waals surface area contributed by atoms with Crippen LogP contribution < -0.4 is 20.7 Å². The number of rotatable bonds is 13. The minimum absolute atomic E-state index is 0.492. The summed E-state index contributed by atoms with van der Waals surface area (Å²) in [5.74, 6) is 1.44. The van der Waals surface area contributed by atoms with E-state index in [2.05, 4.69) is 30.9 Å². The molecule has 1 aromatic carbocycles. The number of ether oxygens (including phenoxy) is 1. The Balaban J connectivity index is 1.40. The molecular formula is C27H29N9O. The molecule has 0 spiro atoms. The van der Waals surface area contributed by atoms with Gasteiger partial charge in [-0.3, -0.25) is 4.40 Å². The summed E-state index contributed by atoms with van der Waals surface area (Å²) in [5.41, 5.74) is 5.26. The molecule has 0 unspecified atom stereocenters. The van der Waals surface area contributed by atoms with Crippen molar-refractivity contribution in [2.45, 2.75) is 6.54 Å². The average molecular weight is 496 g/mol. The molecule has 0 aliphatic heterocycles. The van der Waals surface area contributed by atoms with Gasteiger partial charge in [0.1, 0.15) is 30.1 Å². The van der Waals surface area contributed by atoms with E-state index < -0.39 is 0 Å². The van der Waals surface area contributed by atoms with Crippen LogP contribution in [-0.2, 0) is 6.54 Å². The molecule has 0 radical (unpaired) electrons. The average Bonchev–Trinajstić information content (AvgIpc) is 3.36. The third-order valence-corrected chi connectivity index (χ3v) is 5.46. The second-order valence-electron chi connectivity index (χ2n) is 7.93. The number of hydrogen-bond acceptors (Lipinski definition) is 9. The van der Waals surface area contributed by atoms with Crippen molar-refractivity contribution in [3.63, 3.8) is 0 Å². The van der Waals surface area contributed by atoms with Gasteiger partial charge in [-0.15, -0.1) is 0 Å². The normalized spacial score (nSPS) is 11.4. The van der Waals surface area contributed by atoms with Crippen molar-refractivity contribution in [1.29, 1.82) is 10.8 Å². The number of hydrogen-bond donors (Lipinski definition) is 5. The lowest BCUT2D eigenvalue weighted by atomic mass is 10.1. The molecule has 4 aromatic rings. The lowest BCUT2D eigenvalue weighted by molar-refractivity contribution is 0.320. The van der Waals surface area contributed by atoms with Crippen LogP contribution >= 0.6 is 0 Å². The number of aromatic nitrogens is 4. The highest BCUT2D eigenvalue weighted by Crippen LogP contribution is 2.23. The Kier molecular flexibility index (Phi) is 8.58. The summed E-state index contributed by atoms with van der Waals surface area (Å²) in [6.07, 6.45) is 12.9. The minimum atomic E-state index is 0.492. The molecule has 5 N–H and O–H groups in total. The van der Waals surface area contributed by atoms with Crippen LogP contribution in [0.15, 0.2) is 79.7 Å². The third kappa shape index (κ3) is 6.57. The standard InChI is InChI=1S/C27H29N9O/c1-30-17-22(15-29)21-5-3-20(4-6-21)16-32-26-14-24(34-19-35-26)25-18-33-27-13-23(7-11-36(25)27)37-12-10-31-9-2-8-28/h2-9,11,13-15,17-19,28-31H,10,12,16H2,1H3,(H,32,34,35)/b9-2-,22-17+,28-8?,29-15?. The zero-order chi connectivity index (χ0) is 25.9. The number of anilines is 1. The first-order valence-corrected chi connectivity index (χ1v) is 11.7. The van der Waals surface area contributed by atoms with E-state index >= 15 is 0 Å². The van der Waals surface area contributed by atoms with Crippen LogP contribution in [0.4, 0.5) is 5.82 Å². The van der Waals surface area contributed by atoms with Gasteiger partial charge >= 0.3 is 0 Å². The first kappa shape index (κ1) is 25.1. The topological polar surface area (TPSA) is 136 Å². The van der Waals surface area contributed by atoms with Crippen LogP contribution in [0.2, 0.25) is 0 Å². The zero-order valence-electron chi connectivity index (χ0n) is 20.5. The highest BCUT2D eigenvalue weighted by atomic mass is 16.5. The Labute approximate surface area is 215 Å². The number of benzene rings is 1. The Morgan fingerprint density at radius 1 is 1.08 bits per heavy atom. The molecule has 0 aliphatic carbocycles. The van der Waals surface area contributed by atoms with Crippen molar-refractivity contribution in [2.24, 2.45) is 0 Å². The Hall–Kier alpha value is -4.99. The van der Waals surface area contributed by atoms with Crippen molar-refractivity contribution in [1.82, 2.24) is 30.0 Å². The maximum Gasteiger partial charge on any atom is 0.140 e. The van der Waals surface area contributed by atoms with E-state index in [0.29, 0.717) is 25.5 Å². The van der Waals surface area contributed by atoms with Gasteiger partial charge in [0.05, 0.1) is 17.6 Å². The molecule has 4 rings (SSSR count). The van der Waals surface area contributed by atoms with Crippen molar-refractivity contribution in [2.75, 3.05) is 25.5 Å². The van der Waals surface area contributed by atoms with Crippen molar-refractivity contribution in [3.05, 3.63) is 90.8 Å². The van der Waals surface area contributed by atoms with E-state index in [-0.39, 0.29) is 0 Å². The van der Waals surface area contributed by atoms with Crippen molar-refractivity contribution in [3.8, 4) is 17.1 Å². The van der Waals surface area contributed by atoms with E-state index in [0.717, 1.165) is 39.5 Å². The fourth-order valence-corrected chi connectivity index (χ4v) is 3.63. The summed E-state index contributed by atoms with van der Waals surface area (Å²) in [4.78, 5) is 13.3. The molecule has 0 atom stereocenters. The van der Waals surface area contributed by atoms with Gasteiger partial charge in [0.15, 0.2) is 0 Å². The molecule has 10 heteroatoms. The van der Waals surface area contributed by atoms with Gasteiger partial charge in [0, 0.05) is 62.7 Å². The van der Waals surface area contributed by atoms with Crippen LogP contribution in [0.25, 0.3) is 22.6 Å². The molecule has 0 saturated carbocycles. The summed E-state index contributed by atoms with van der Waals surface area (Å²) in [6, 6.07) is 13.7. The molecule has 37 heavy (non-hydrogen) atoms. The van der Waals surface area contributed by atoms with Crippen LogP contribution in [0, 0.1) is 10.8 Å². The number of nitrogens with one attached hydrogen (secondary N) is 5. The van der Waals surface area contributed by atoms with Gasteiger partial charge in [-0.1, -0.05) is 24.3 Å². The molecule has 3 heterocycles. The van der Waals surface area contributed by atoms with Crippen LogP contribution in [0.3, 0.4) is 0 Å². The predicted octanol–water partition coefficient (Wildman–Crippen LogP) is 3.74. The van der Waals surface area contributed by atoms with E-state index in [1.807, 2.05) is 60.1 Å². The summed E-state index contributed by atoms with van der Waals surface area (Å²) in [6.45, 7) is 1.73. The van der Waals surface area contributed by atoms with E-state index in [4.69, 9.17) is 15.6 Å². The zero-order valence-corrected chi connectivity index (χ0v) is 20.5. The molecule has 0 amide bonds. The predicted molar refractivity (Wildman–Crippen MR) is 147 cm³/mol. The number of imidazole rings is 1. The lowest BCUT2D eigenvalue weighted by Crippen LogP contribution is -2.15. The monoisotopic (exact) mass is 495 g/mol. The largest absolute Gasteiger partial charge is 0.492 e. The molecule has 0 fully saturated rings. The Morgan fingerprint density at radius 2 is 1.95 bits per heavy atom. The van der Waals surface area contributed by atoms with Gasteiger partial charge in [-0.2, -0.15) is 0 Å². The molecule has 0 aliphatic rings. The highest BCUT2D eigenvalue weighted by molar-refractivity contribution is 6.08. The van der Waals surface area contributed by atoms with Gasteiger partial charge in [-0.25, -0.2) is 15.0 Å². The van der Waals surface area contributed by atoms with Crippen molar-refractivity contribution < 1.29 is 4.74 Å². The molecular weight excluding hydrogens is 466 g/mol. The number of nitrogens with zero attached hydrogens (tertiary/aromatic N) is 4. The maximum atomic E-state index is 7.56. The van der Waals surface area contributed by atoms with Gasteiger partial charge in [0.25, 0.3) is 0 Å². The maximum absolute atomic E-state index is 7.56. The second-order valence-corrected chi connectivity index (χ2v) is 7.93. The van der Waals surface area contributed by atoms with Crippen LogP contribution in [-0.4, -0.2) is 52.0 Å². The number of fused-ring (bicyclic) bond motifs is 1. The summed E-state index contributed by atoms with van der Waals surface area (Å²) >= 11 is 0. The van der Waals surface area contributed by atoms with Crippen LogP contribution in [0.5, 0.6) is 5.75 Å². The van der Waals surface area contributed by atoms with E-state index in [1.54, 1.807) is 24.7 Å². The van der Waals surface area contributed by atoms with Crippen LogP contribution in [0.1, 0.15) is 11.1 Å². The molecule has 188 valence electrons. The Morgan fingerprint density at radius 3 is 2.73 bits per heavy atom. The molecule has 3 aromatic heterocycles. The lowest BCUT2D eigenvalue weighted by Gasteiger charge is -2.09. The van der Waals surface area contributed by atoms with Gasteiger partial charge in [-0.05, 0) is 29.5 Å². The fourth-order valence-electron chi connectivity index (χ4n) is 3.63. The smallest absolute Gasteiger partial charge is 0.140 e. The molecule has 10 nitrogen and oxygen atoms in total. The number of pyridine rings is 1. The first-order chi connectivity index (χ1) is 18.2. The second kappa shape index (κ2) is 12.6. The molecule has 0 saturated heterocycles. The van der Waals surface area contributed by atoms with Gasteiger partial charge in [0.2, 0.25) is 0 Å². The first-order valence-electron chi connectivity index (χ1n) is 11.7. The summed E-state index contributed by atoms with van der Waals surface area (Å²) < 4.78 is 7.74. The van der Waals surface area contributed by atoms with Gasteiger partial charge < -0.3 is 31.5 Å². The van der Waals surface area contributed by atoms with E-state index in [1.165, 1.54) is 18.8 Å². The molecule has 0 bridgehead atoms.